The molecule has 1 aromatic heterocycles. The maximum atomic E-state index is 10.3. The zero-order valence-corrected chi connectivity index (χ0v) is 9.27. The molecule has 1 heterocycles. The van der Waals surface area contributed by atoms with Crippen molar-refractivity contribution in [3.8, 4) is 0 Å². The summed E-state index contributed by atoms with van der Waals surface area (Å²) in [4.78, 5) is 11.6. The number of aliphatic carboxylic acids is 1. The number of aryl methyl sites for hydroxylation is 1. The Kier molecular flexibility index (Phi) is 3.79. The fraction of sp³-hybridized carbons (Fsp3) is 0.375. The summed E-state index contributed by atoms with van der Waals surface area (Å²) in [5.41, 5.74) is 0. The van der Waals surface area contributed by atoms with Gasteiger partial charge in [-0.3, -0.25) is 0 Å². The van der Waals surface area contributed by atoms with Gasteiger partial charge in [0.05, 0.1) is 0 Å². The number of carbonyl (C=O) groups is 1. The van der Waals surface area contributed by atoms with Crippen molar-refractivity contribution >= 4 is 36.0 Å². The van der Waals surface area contributed by atoms with Crippen LogP contribution in [0.4, 0.5) is 0 Å². The predicted molar refractivity (Wildman–Crippen MR) is 51.5 cm³/mol. The zero-order valence-electron chi connectivity index (χ0n) is 6.74. The second-order valence-electron chi connectivity index (χ2n) is 2.26. The fourth-order valence-corrected chi connectivity index (χ4v) is 3.75. The second kappa shape index (κ2) is 4.65. The van der Waals surface area contributed by atoms with E-state index in [-0.39, 0.29) is 15.0 Å². The van der Waals surface area contributed by atoms with Gasteiger partial charge in [0.25, 0.3) is 0 Å². The van der Waals surface area contributed by atoms with Crippen molar-refractivity contribution < 1.29 is 9.90 Å². The van der Waals surface area contributed by atoms with Crippen LogP contribution < -0.4 is 3.78 Å². The van der Waals surface area contributed by atoms with Crippen LogP contribution in [0.25, 0.3) is 0 Å². The Bertz CT molecular complexity index is 270. The molecule has 2 nitrogen and oxygen atoms in total. The third-order valence-corrected chi connectivity index (χ3v) is 5.19. The van der Waals surface area contributed by atoms with E-state index in [0.29, 0.717) is 5.32 Å². The van der Waals surface area contributed by atoms with Gasteiger partial charge in [0.2, 0.25) is 0 Å². The number of carboxylic acid groups (broad SMARTS) is 1. The third kappa shape index (κ3) is 2.97. The SMILES string of the molecule is CCc1ccc([Se]CC(=O)O)s1. The van der Waals surface area contributed by atoms with Crippen LogP contribution in [-0.2, 0) is 11.2 Å². The van der Waals surface area contributed by atoms with Crippen molar-refractivity contribution in [3.63, 3.8) is 0 Å². The normalized spacial score (nSPS) is 10.1. The average molecular weight is 249 g/mol. The van der Waals surface area contributed by atoms with Crippen LogP contribution >= 0.6 is 11.3 Å². The Morgan fingerprint density at radius 1 is 1.67 bits per heavy atom. The summed E-state index contributed by atoms with van der Waals surface area (Å²) in [5, 5.41) is 8.76. The molecule has 0 amide bonds. The van der Waals surface area contributed by atoms with Crippen molar-refractivity contribution in [2.24, 2.45) is 0 Å². The molecule has 1 N–H and O–H groups in total. The molecule has 0 aromatic carbocycles. The van der Waals surface area contributed by atoms with Crippen LogP contribution in [0.15, 0.2) is 12.1 Å². The number of thiophene rings is 1. The summed E-state index contributed by atoms with van der Waals surface area (Å²) in [6, 6.07) is 4.13. The van der Waals surface area contributed by atoms with Crippen molar-refractivity contribution in [1.29, 1.82) is 0 Å². The summed E-state index contributed by atoms with van der Waals surface area (Å²) in [6.07, 6.45) is 1.05. The number of rotatable bonds is 4. The number of hydrogen-bond donors (Lipinski definition) is 1. The summed E-state index contributed by atoms with van der Waals surface area (Å²) >= 11 is 1.87. The molecule has 0 fully saturated rings. The van der Waals surface area contributed by atoms with Gasteiger partial charge >= 0.3 is 81.6 Å². The first-order chi connectivity index (χ1) is 5.72. The first-order valence-corrected chi connectivity index (χ1v) is 6.54. The van der Waals surface area contributed by atoms with E-state index in [0.717, 1.165) is 6.42 Å². The first-order valence-electron chi connectivity index (χ1n) is 3.65. The molecule has 0 aliphatic heterocycles. The Morgan fingerprint density at radius 3 is 2.92 bits per heavy atom. The van der Waals surface area contributed by atoms with Gasteiger partial charge < -0.3 is 0 Å². The van der Waals surface area contributed by atoms with E-state index in [1.807, 2.05) is 6.07 Å². The molecule has 4 heteroatoms. The van der Waals surface area contributed by atoms with Crippen molar-refractivity contribution in [1.82, 2.24) is 0 Å². The molecule has 0 radical (unpaired) electrons. The quantitative estimate of drug-likeness (QED) is 0.812. The second-order valence-corrected chi connectivity index (χ2v) is 6.14. The van der Waals surface area contributed by atoms with Gasteiger partial charge in [-0.2, -0.15) is 0 Å². The van der Waals surface area contributed by atoms with E-state index in [4.69, 9.17) is 5.11 Å². The van der Waals surface area contributed by atoms with Crippen LogP contribution in [0.2, 0.25) is 5.32 Å². The van der Waals surface area contributed by atoms with E-state index >= 15 is 0 Å². The van der Waals surface area contributed by atoms with Crippen LogP contribution in [0.1, 0.15) is 11.8 Å². The van der Waals surface area contributed by atoms with Crippen LogP contribution in [0.5, 0.6) is 0 Å². The van der Waals surface area contributed by atoms with Gasteiger partial charge in [0.1, 0.15) is 0 Å². The third-order valence-electron chi connectivity index (χ3n) is 1.32. The Morgan fingerprint density at radius 2 is 2.42 bits per heavy atom. The minimum atomic E-state index is -0.693. The number of hydrogen-bond acceptors (Lipinski definition) is 2. The van der Waals surface area contributed by atoms with Crippen LogP contribution in [0.3, 0.4) is 0 Å². The monoisotopic (exact) mass is 250 g/mol. The summed E-state index contributed by atoms with van der Waals surface area (Å²) in [5.74, 6) is -0.693. The molecular weight excluding hydrogens is 239 g/mol. The standard InChI is InChI=1S/C8H10O2SSe/c1-2-6-3-4-8(11-6)12-5-7(9)10/h3-4H,2,5H2,1H3,(H,9,10). The molecule has 1 aromatic rings. The maximum absolute atomic E-state index is 10.3. The van der Waals surface area contributed by atoms with Gasteiger partial charge in [-0.25, -0.2) is 0 Å². The molecule has 0 atom stereocenters. The van der Waals surface area contributed by atoms with E-state index in [1.165, 1.54) is 8.65 Å². The molecular formula is C8H10O2SSe. The molecule has 1 rings (SSSR count). The van der Waals surface area contributed by atoms with Gasteiger partial charge in [-0.1, -0.05) is 0 Å². The molecule has 0 aliphatic carbocycles. The van der Waals surface area contributed by atoms with Gasteiger partial charge in [-0.05, 0) is 0 Å². The van der Waals surface area contributed by atoms with Crippen LogP contribution in [0, 0.1) is 0 Å². The average Bonchev–Trinajstić information content (AvgIpc) is 2.48. The van der Waals surface area contributed by atoms with Crippen molar-refractivity contribution in [2.45, 2.75) is 18.7 Å². The van der Waals surface area contributed by atoms with Crippen LogP contribution in [-0.4, -0.2) is 26.0 Å². The van der Waals surface area contributed by atoms with E-state index in [2.05, 4.69) is 13.0 Å². The molecule has 0 spiro atoms. The topological polar surface area (TPSA) is 37.3 Å². The Hall–Kier alpha value is -0.311. The van der Waals surface area contributed by atoms with Gasteiger partial charge in [-0.15, -0.1) is 0 Å². The van der Waals surface area contributed by atoms with E-state index in [9.17, 15) is 4.79 Å². The molecule has 0 bridgehead atoms. The number of carboxylic acids is 1. The van der Waals surface area contributed by atoms with E-state index in [1.54, 1.807) is 11.3 Å². The van der Waals surface area contributed by atoms with Gasteiger partial charge in [0.15, 0.2) is 0 Å². The zero-order chi connectivity index (χ0) is 8.97. The molecule has 0 unspecified atom stereocenters. The van der Waals surface area contributed by atoms with Crippen molar-refractivity contribution in [3.05, 3.63) is 17.0 Å². The first kappa shape index (κ1) is 9.78. The summed E-state index contributed by atoms with van der Waals surface area (Å²) in [7, 11) is 0. The molecule has 0 aliphatic rings. The molecule has 0 saturated heterocycles. The molecule has 12 heavy (non-hydrogen) atoms. The molecule has 66 valence electrons. The summed E-state index contributed by atoms with van der Waals surface area (Å²) in [6.45, 7) is 2.11. The molecule has 0 saturated carbocycles. The van der Waals surface area contributed by atoms with Gasteiger partial charge in [0, 0.05) is 0 Å². The fourth-order valence-electron chi connectivity index (χ4n) is 0.759. The van der Waals surface area contributed by atoms with Crippen molar-refractivity contribution in [2.75, 3.05) is 0 Å². The van der Waals surface area contributed by atoms with E-state index < -0.39 is 5.97 Å². The summed E-state index contributed by atoms with van der Waals surface area (Å²) < 4.78 is 1.24. The predicted octanol–water partition coefficient (Wildman–Crippen LogP) is 1.14. The Labute approximate surface area is 81.8 Å². The Balaban J connectivity index is 2.47. The minimum absolute atomic E-state index is 0.129.